The van der Waals surface area contributed by atoms with E-state index in [1.807, 2.05) is 26.0 Å². The van der Waals surface area contributed by atoms with Gasteiger partial charge < -0.3 is 25.2 Å². The lowest BCUT2D eigenvalue weighted by Gasteiger charge is -2.25. The molecule has 0 spiro atoms. The number of carboxylic acids is 1. The molecule has 0 radical (unpaired) electrons. The number of aliphatic carboxylic acids is 1. The zero-order valence-electron chi connectivity index (χ0n) is 18.0. The van der Waals surface area contributed by atoms with E-state index in [0.717, 1.165) is 16.0 Å². The van der Waals surface area contributed by atoms with E-state index >= 15 is 0 Å². The molecule has 2 aliphatic rings. The standard InChI is InChI=1S/C23H26N2O6S/c1-12-7-18-19(31-11-30-18)9-16(12)10-24-21(27)17-8-13(2)32-22(17)25-20(26)14-3-5-15(6-4-14)23(28)29/h7-9,14-15H,3-6,10-11H2,1-2H3,(H,24,27)(H,25,26)(H,28,29). The Balaban J connectivity index is 1.39. The summed E-state index contributed by atoms with van der Waals surface area (Å²) in [5.41, 5.74) is 2.34. The molecule has 32 heavy (non-hydrogen) atoms. The summed E-state index contributed by atoms with van der Waals surface area (Å²) in [6.07, 6.45) is 2.08. The first-order valence-corrected chi connectivity index (χ1v) is 11.4. The smallest absolute Gasteiger partial charge is 0.306 e. The first kappa shape index (κ1) is 22.1. The van der Waals surface area contributed by atoms with Crippen LogP contribution in [0.25, 0.3) is 0 Å². The van der Waals surface area contributed by atoms with E-state index in [9.17, 15) is 14.4 Å². The highest BCUT2D eigenvalue weighted by atomic mass is 32.1. The molecule has 2 heterocycles. The Morgan fingerprint density at radius 1 is 1.03 bits per heavy atom. The molecule has 1 aromatic carbocycles. The minimum atomic E-state index is -0.797. The maximum Gasteiger partial charge on any atom is 0.306 e. The summed E-state index contributed by atoms with van der Waals surface area (Å²) in [6, 6.07) is 5.53. The molecule has 9 heteroatoms. The Labute approximate surface area is 189 Å². The first-order valence-electron chi connectivity index (χ1n) is 10.6. The van der Waals surface area contributed by atoms with Gasteiger partial charge in [0.05, 0.1) is 11.5 Å². The van der Waals surface area contributed by atoms with E-state index in [1.54, 1.807) is 6.07 Å². The molecule has 0 atom stereocenters. The number of hydrogen-bond acceptors (Lipinski definition) is 6. The number of aryl methyl sites for hydroxylation is 2. The molecule has 1 aromatic heterocycles. The van der Waals surface area contributed by atoms with E-state index in [1.165, 1.54) is 11.3 Å². The predicted octanol–water partition coefficient (Wildman–Crippen LogP) is 3.85. The highest BCUT2D eigenvalue weighted by molar-refractivity contribution is 7.16. The van der Waals surface area contributed by atoms with Gasteiger partial charge in [-0.25, -0.2) is 0 Å². The van der Waals surface area contributed by atoms with Crippen LogP contribution >= 0.6 is 11.3 Å². The molecule has 1 aliphatic heterocycles. The fourth-order valence-corrected chi connectivity index (χ4v) is 5.05. The van der Waals surface area contributed by atoms with Gasteiger partial charge in [-0.1, -0.05) is 0 Å². The van der Waals surface area contributed by atoms with Gasteiger partial charge in [0.15, 0.2) is 11.5 Å². The molecule has 1 saturated carbocycles. The minimum absolute atomic E-state index is 0.156. The number of fused-ring (bicyclic) bond motifs is 1. The lowest BCUT2D eigenvalue weighted by atomic mass is 9.81. The second-order valence-corrected chi connectivity index (χ2v) is 9.55. The van der Waals surface area contributed by atoms with E-state index < -0.39 is 5.97 Å². The van der Waals surface area contributed by atoms with Crippen LogP contribution in [0.1, 0.15) is 52.0 Å². The van der Waals surface area contributed by atoms with E-state index in [4.69, 9.17) is 14.6 Å². The lowest BCUT2D eigenvalue weighted by molar-refractivity contribution is -0.143. The number of rotatable bonds is 6. The SMILES string of the molecule is Cc1cc(C(=O)NCc2cc3c(cc2C)OCO3)c(NC(=O)C2CCC(C(=O)O)CC2)s1. The molecule has 0 saturated heterocycles. The van der Waals surface area contributed by atoms with Gasteiger partial charge in [0, 0.05) is 17.3 Å². The molecule has 4 rings (SSSR count). The number of carboxylic acid groups (broad SMARTS) is 1. The van der Waals surface area contributed by atoms with Crippen molar-refractivity contribution in [2.75, 3.05) is 12.1 Å². The number of ether oxygens (including phenoxy) is 2. The maximum atomic E-state index is 12.9. The van der Waals surface area contributed by atoms with Crippen molar-refractivity contribution in [3.63, 3.8) is 0 Å². The summed E-state index contributed by atoms with van der Waals surface area (Å²) >= 11 is 1.36. The van der Waals surface area contributed by atoms with Crippen LogP contribution in [0.5, 0.6) is 11.5 Å². The summed E-state index contributed by atoms with van der Waals surface area (Å²) in [5.74, 6) is -0.462. The molecule has 1 aliphatic carbocycles. The van der Waals surface area contributed by atoms with Crippen LogP contribution in [0.15, 0.2) is 18.2 Å². The molecule has 170 valence electrons. The topological polar surface area (TPSA) is 114 Å². The van der Waals surface area contributed by atoms with Crippen LogP contribution in [0.3, 0.4) is 0 Å². The molecule has 1 fully saturated rings. The van der Waals surface area contributed by atoms with Gasteiger partial charge in [-0.15, -0.1) is 11.3 Å². The predicted molar refractivity (Wildman–Crippen MR) is 119 cm³/mol. The zero-order chi connectivity index (χ0) is 22.8. The molecule has 3 N–H and O–H groups in total. The Morgan fingerprint density at radius 3 is 2.38 bits per heavy atom. The van der Waals surface area contributed by atoms with Crippen molar-refractivity contribution < 1.29 is 29.0 Å². The third kappa shape index (κ3) is 4.72. The zero-order valence-corrected chi connectivity index (χ0v) is 18.8. The van der Waals surface area contributed by atoms with Crippen LogP contribution in [-0.4, -0.2) is 29.7 Å². The second-order valence-electron chi connectivity index (χ2n) is 8.29. The maximum absolute atomic E-state index is 12.9. The minimum Gasteiger partial charge on any atom is -0.481 e. The van der Waals surface area contributed by atoms with Gasteiger partial charge in [-0.2, -0.15) is 0 Å². The summed E-state index contributed by atoms with van der Waals surface area (Å²) in [4.78, 5) is 37.7. The quantitative estimate of drug-likeness (QED) is 0.606. The molecule has 8 nitrogen and oxygen atoms in total. The number of hydrogen-bond donors (Lipinski definition) is 3. The van der Waals surface area contributed by atoms with Crippen molar-refractivity contribution in [2.45, 2.75) is 46.1 Å². The average Bonchev–Trinajstić information content (AvgIpc) is 3.37. The normalized spacial score (nSPS) is 19.4. The Morgan fingerprint density at radius 2 is 1.69 bits per heavy atom. The van der Waals surface area contributed by atoms with Gasteiger partial charge in [0.25, 0.3) is 5.91 Å². The van der Waals surface area contributed by atoms with Crippen LogP contribution in [0.4, 0.5) is 5.00 Å². The summed E-state index contributed by atoms with van der Waals surface area (Å²) in [5, 5.41) is 15.5. The largest absolute Gasteiger partial charge is 0.481 e. The van der Waals surface area contributed by atoms with E-state index in [2.05, 4.69) is 10.6 Å². The van der Waals surface area contributed by atoms with Crippen LogP contribution in [0.2, 0.25) is 0 Å². The number of carbonyl (C=O) groups is 3. The summed E-state index contributed by atoms with van der Waals surface area (Å²) in [6.45, 7) is 4.35. The lowest BCUT2D eigenvalue weighted by Crippen LogP contribution is -2.30. The van der Waals surface area contributed by atoms with Crippen LogP contribution in [0, 0.1) is 25.7 Å². The monoisotopic (exact) mass is 458 g/mol. The highest BCUT2D eigenvalue weighted by Crippen LogP contribution is 2.35. The van der Waals surface area contributed by atoms with E-state index in [0.29, 0.717) is 54.3 Å². The third-order valence-corrected chi connectivity index (χ3v) is 7.02. The van der Waals surface area contributed by atoms with Crippen molar-refractivity contribution in [2.24, 2.45) is 11.8 Å². The number of carbonyl (C=O) groups excluding carboxylic acids is 2. The van der Waals surface area contributed by atoms with Crippen LogP contribution < -0.4 is 20.1 Å². The summed E-state index contributed by atoms with van der Waals surface area (Å²) < 4.78 is 10.8. The van der Waals surface area contributed by atoms with Crippen molar-refractivity contribution in [1.82, 2.24) is 5.32 Å². The van der Waals surface area contributed by atoms with Crippen molar-refractivity contribution >= 4 is 34.1 Å². The van der Waals surface area contributed by atoms with Gasteiger partial charge in [-0.05, 0) is 68.9 Å². The fraction of sp³-hybridized carbons (Fsp3) is 0.435. The molecular weight excluding hydrogens is 432 g/mol. The van der Waals surface area contributed by atoms with Crippen LogP contribution in [-0.2, 0) is 16.1 Å². The van der Waals surface area contributed by atoms with Gasteiger partial charge in [0.1, 0.15) is 5.00 Å². The van der Waals surface area contributed by atoms with Gasteiger partial charge >= 0.3 is 5.97 Å². The van der Waals surface area contributed by atoms with Gasteiger partial charge in [-0.3, -0.25) is 14.4 Å². The number of anilines is 1. The Kier molecular flexibility index (Phi) is 6.36. The molecule has 2 aromatic rings. The Bertz CT molecular complexity index is 1050. The second kappa shape index (κ2) is 9.20. The molecule has 2 amide bonds. The van der Waals surface area contributed by atoms with Gasteiger partial charge in [0.2, 0.25) is 12.7 Å². The van der Waals surface area contributed by atoms with E-state index in [-0.39, 0.29) is 30.4 Å². The Hall–Kier alpha value is -3.07. The molecule has 0 unspecified atom stereocenters. The number of nitrogens with one attached hydrogen (secondary N) is 2. The number of thiophene rings is 1. The average molecular weight is 459 g/mol. The number of benzene rings is 1. The molecule has 0 bridgehead atoms. The summed E-state index contributed by atoms with van der Waals surface area (Å²) in [7, 11) is 0. The van der Waals surface area contributed by atoms with Crippen molar-refractivity contribution in [1.29, 1.82) is 0 Å². The van der Waals surface area contributed by atoms with Crippen molar-refractivity contribution in [3.8, 4) is 11.5 Å². The third-order valence-electron chi connectivity index (χ3n) is 6.05. The number of amides is 2. The first-order chi connectivity index (χ1) is 15.3. The molecular formula is C23H26N2O6S. The fourth-order valence-electron chi connectivity index (χ4n) is 4.14. The highest BCUT2D eigenvalue weighted by Gasteiger charge is 2.30. The van der Waals surface area contributed by atoms with Crippen molar-refractivity contribution in [3.05, 3.63) is 39.8 Å².